The summed E-state index contributed by atoms with van der Waals surface area (Å²) in [6, 6.07) is 18.8. The lowest BCUT2D eigenvalue weighted by Crippen LogP contribution is -2.38. The van der Waals surface area contributed by atoms with Crippen LogP contribution in [0.1, 0.15) is 68.7 Å². The van der Waals surface area contributed by atoms with Crippen molar-refractivity contribution in [3.63, 3.8) is 0 Å². The fraction of sp³-hybridized carbons (Fsp3) is 0.444. The second kappa shape index (κ2) is 7.23. The smallest absolute Gasteiger partial charge is 0.142 e. The van der Waals surface area contributed by atoms with Crippen LogP contribution in [0.5, 0.6) is 0 Å². The van der Waals surface area contributed by atoms with E-state index in [2.05, 4.69) is 92.7 Å². The molecular weight excluding hydrogens is 352 g/mol. The van der Waals surface area contributed by atoms with Gasteiger partial charge < -0.3 is 9.80 Å². The van der Waals surface area contributed by atoms with Crippen LogP contribution in [0, 0.1) is 18.5 Å². The first-order chi connectivity index (χ1) is 14.0. The predicted octanol–water partition coefficient (Wildman–Crippen LogP) is 6.36. The number of nitrogens with zero attached hydrogens (tertiary/aromatic N) is 2. The molecule has 0 fully saturated rings. The minimum atomic E-state index is 0.550. The molecule has 2 heteroatoms. The Balaban J connectivity index is 1.68. The SMILES string of the molecule is CC(C)C[C@@H]1CN2[CH]N3C(=C2c2ccccc21)c1ccccc1C[C@@H]3CC(C)C. The Morgan fingerprint density at radius 2 is 1.52 bits per heavy atom. The van der Waals surface area contributed by atoms with Gasteiger partial charge in [0.15, 0.2) is 0 Å². The molecule has 0 aliphatic carbocycles. The maximum absolute atomic E-state index is 2.62. The molecule has 29 heavy (non-hydrogen) atoms. The highest BCUT2D eigenvalue weighted by molar-refractivity contribution is 5.95. The molecule has 1 radical (unpaired) electrons. The first-order valence-corrected chi connectivity index (χ1v) is 11.3. The van der Waals surface area contributed by atoms with Gasteiger partial charge in [0.25, 0.3) is 0 Å². The number of benzene rings is 2. The van der Waals surface area contributed by atoms with Crippen LogP contribution in [-0.4, -0.2) is 22.4 Å². The highest BCUT2D eigenvalue weighted by Crippen LogP contribution is 2.51. The Morgan fingerprint density at radius 1 is 0.828 bits per heavy atom. The molecule has 5 rings (SSSR count). The molecule has 0 aromatic heterocycles. The molecule has 2 atom stereocenters. The molecule has 0 spiro atoms. The highest BCUT2D eigenvalue weighted by Gasteiger charge is 2.43. The fourth-order valence-corrected chi connectivity index (χ4v) is 5.69. The fourth-order valence-electron chi connectivity index (χ4n) is 5.69. The number of fused-ring (bicyclic) bond motifs is 6. The van der Waals surface area contributed by atoms with Crippen molar-refractivity contribution >= 4 is 11.4 Å². The second-order valence-corrected chi connectivity index (χ2v) is 9.93. The van der Waals surface area contributed by atoms with E-state index in [0.29, 0.717) is 23.8 Å². The quantitative estimate of drug-likeness (QED) is 0.604. The summed E-state index contributed by atoms with van der Waals surface area (Å²) < 4.78 is 0. The van der Waals surface area contributed by atoms with Gasteiger partial charge in [-0.2, -0.15) is 0 Å². The average molecular weight is 386 g/mol. The summed E-state index contributed by atoms with van der Waals surface area (Å²) in [7, 11) is 0. The van der Waals surface area contributed by atoms with Crippen LogP contribution in [0.3, 0.4) is 0 Å². The Morgan fingerprint density at radius 3 is 2.28 bits per heavy atom. The lowest BCUT2D eigenvalue weighted by molar-refractivity contribution is 0.241. The second-order valence-electron chi connectivity index (χ2n) is 9.93. The Kier molecular flexibility index (Phi) is 4.69. The van der Waals surface area contributed by atoms with Gasteiger partial charge in [-0.1, -0.05) is 76.2 Å². The van der Waals surface area contributed by atoms with E-state index in [0.717, 1.165) is 13.0 Å². The summed E-state index contributed by atoms with van der Waals surface area (Å²) in [6.45, 7) is 12.9. The number of hydrogen-bond donors (Lipinski definition) is 0. The van der Waals surface area contributed by atoms with Crippen molar-refractivity contribution in [3.05, 3.63) is 77.5 Å². The van der Waals surface area contributed by atoms with Crippen molar-refractivity contribution in [2.24, 2.45) is 11.8 Å². The first-order valence-electron chi connectivity index (χ1n) is 11.3. The van der Waals surface area contributed by atoms with Crippen molar-refractivity contribution < 1.29 is 0 Å². The zero-order valence-corrected chi connectivity index (χ0v) is 18.2. The molecule has 2 aromatic carbocycles. The van der Waals surface area contributed by atoms with Crippen LogP contribution < -0.4 is 0 Å². The van der Waals surface area contributed by atoms with Gasteiger partial charge in [0, 0.05) is 29.6 Å². The van der Waals surface area contributed by atoms with Crippen LogP contribution >= 0.6 is 0 Å². The third-order valence-corrected chi connectivity index (χ3v) is 6.73. The van der Waals surface area contributed by atoms with Crippen molar-refractivity contribution in [2.45, 2.75) is 58.9 Å². The lowest BCUT2D eigenvalue weighted by Gasteiger charge is -2.38. The molecule has 0 N–H and O–H groups in total. The van der Waals surface area contributed by atoms with Gasteiger partial charge in [0.2, 0.25) is 0 Å². The molecular formula is C27H33N2. The van der Waals surface area contributed by atoms with Crippen molar-refractivity contribution in [3.8, 4) is 0 Å². The van der Waals surface area contributed by atoms with E-state index < -0.39 is 0 Å². The average Bonchev–Trinajstić information content (AvgIpc) is 3.07. The van der Waals surface area contributed by atoms with Gasteiger partial charge in [0.1, 0.15) is 6.67 Å². The largest absolute Gasteiger partial charge is 0.345 e. The van der Waals surface area contributed by atoms with Gasteiger partial charge in [-0.15, -0.1) is 0 Å². The Bertz CT molecular complexity index is 939. The lowest BCUT2D eigenvalue weighted by atomic mass is 9.81. The van der Waals surface area contributed by atoms with Crippen LogP contribution in [0.2, 0.25) is 0 Å². The van der Waals surface area contributed by atoms with Gasteiger partial charge >= 0.3 is 0 Å². The molecule has 2 aromatic rings. The Labute approximate surface area is 176 Å². The van der Waals surface area contributed by atoms with E-state index in [9.17, 15) is 0 Å². The van der Waals surface area contributed by atoms with E-state index in [-0.39, 0.29) is 0 Å². The van der Waals surface area contributed by atoms with Crippen LogP contribution in [-0.2, 0) is 6.42 Å². The molecule has 3 aliphatic rings. The highest BCUT2D eigenvalue weighted by atomic mass is 15.4. The molecule has 3 aliphatic heterocycles. The molecule has 0 saturated heterocycles. The zero-order valence-electron chi connectivity index (χ0n) is 18.2. The molecule has 0 saturated carbocycles. The third-order valence-electron chi connectivity index (χ3n) is 6.73. The number of hydrogen-bond acceptors (Lipinski definition) is 2. The molecule has 0 amide bonds. The molecule has 2 nitrogen and oxygen atoms in total. The van der Waals surface area contributed by atoms with E-state index in [1.807, 2.05) is 0 Å². The van der Waals surface area contributed by atoms with Crippen LogP contribution in [0.25, 0.3) is 11.4 Å². The maximum atomic E-state index is 2.62. The van der Waals surface area contributed by atoms with E-state index in [1.54, 1.807) is 5.56 Å². The molecule has 3 heterocycles. The maximum Gasteiger partial charge on any atom is 0.142 e. The first kappa shape index (κ1) is 18.8. The minimum absolute atomic E-state index is 0.550. The summed E-state index contributed by atoms with van der Waals surface area (Å²) in [5.74, 6) is 2.01. The van der Waals surface area contributed by atoms with Gasteiger partial charge in [-0.25, -0.2) is 0 Å². The van der Waals surface area contributed by atoms with Crippen molar-refractivity contribution in [1.29, 1.82) is 0 Å². The molecule has 151 valence electrons. The summed E-state index contributed by atoms with van der Waals surface area (Å²) in [5, 5.41) is 0. The zero-order chi connectivity index (χ0) is 20.1. The summed E-state index contributed by atoms with van der Waals surface area (Å²) >= 11 is 0. The normalized spacial score (nSPS) is 22.7. The monoisotopic (exact) mass is 385 g/mol. The topological polar surface area (TPSA) is 6.48 Å². The van der Waals surface area contributed by atoms with E-state index in [1.165, 1.54) is 40.9 Å². The van der Waals surface area contributed by atoms with Crippen molar-refractivity contribution in [2.75, 3.05) is 6.54 Å². The number of rotatable bonds is 4. The molecule has 0 unspecified atom stereocenters. The molecule has 0 bridgehead atoms. The van der Waals surface area contributed by atoms with Gasteiger partial charge in [-0.05, 0) is 42.2 Å². The minimum Gasteiger partial charge on any atom is -0.345 e. The summed E-state index contributed by atoms with van der Waals surface area (Å²) in [6.07, 6.45) is 3.62. The van der Waals surface area contributed by atoms with Gasteiger partial charge in [-0.3, -0.25) is 0 Å². The summed E-state index contributed by atoms with van der Waals surface area (Å²) in [5.41, 5.74) is 8.79. The van der Waals surface area contributed by atoms with E-state index >= 15 is 0 Å². The standard InChI is InChI=1S/C27H33N2/c1-18(2)13-21-16-28-17-29-22(14-19(3)4)15-20-9-5-6-11-24(20)27(29)26(28)25-12-8-7-10-23(21)25/h5-12,17-19,21-22H,13-16H2,1-4H3/t21-,22+/m1/s1. The van der Waals surface area contributed by atoms with E-state index in [4.69, 9.17) is 0 Å². The summed E-state index contributed by atoms with van der Waals surface area (Å²) in [4.78, 5) is 5.19. The predicted molar refractivity (Wildman–Crippen MR) is 122 cm³/mol. The van der Waals surface area contributed by atoms with Gasteiger partial charge in [0.05, 0.1) is 11.4 Å². The third kappa shape index (κ3) is 3.17. The van der Waals surface area contributed by atoms with Crippen LogP contribution in [0.15, 0.2) is 48.5 Å². The Hall–Kier alpha value is -2.22. The van der Waals surface area contributed by atoms with Crippen LogP contribution in [0.4, 0.5) is 0 Å². The van der Waals surface area contributed by atoms with Crippen molar-refractivity contribution in [1.82, 2.24) is 9.80 Å².